The van der Waals surface area contributed by atoms with Gasteiger partial charge in [-0.1, -0.05) is 56.0 Å². The van der Waals surface area contributed by atoms with Crippen LogP contribution in [0.1, 0.15) is 49.8 Å². The highest BCUT2D eigenvalue weighted by Crippen LogP contribution is 2.18. The molecule has 2 heteroatoms. The van der Waals surface area contributed by atoms with Crippen molar-refractivity contribution in [1.82, 2.24) is 5.32 Å². The standard InChI is InChI=1S/C16H27NO/c1-4-5-6-7-11-18-16(13-17-3)15-10-8-9-14(2)12-15/h8-10,12,16-17H,4-7,11,13H2,1-3H3. The summed E-state index contributed by atoms with van der Waals surface area (Å²) in [5.74, 6) is 0. The van der Waals surface area contributed by atoms with E-state index in [0.717, 1.165) is 13.2 Å². The molecule has 1 aromatic rings. The van der Waals surface area contributed by atoms with E-state index in [4.69, 9.17) is 4.74 Å². The molecule has 1 unspecified atom stereocenters. The molecule has 0 amide bonds. The summed E-state index contributed by atoms with van der Waals surface area (Å²) in [6, 6.07) is 8.60. The normalized spacial score (nSPS) is 12.6. The Morgan fingerprint density at radius 1 is 1.22 bits per heavy atom. The van der Waals surface area contributed by atoms with E-state index in [9.17, 15) is 0 Å². The maximum absolute atomic E-state index is 6.01. The van der Waals surface area contributed by atoms with Crippen LogP contribution in [0.4, 0.5) is 0 Å². The van der Waals surface area contributed by atoms with Gasteiger partial charge in [0.2, 0.25) is 0 Å². The molecular formula is C16H27NO. The lowest BCUT2D eigenvalue weighted by Gasteiger charge is -2.18. The molecule has 0 bridgehead atoms. The molecule has 0 heterocycles. The summed E-state index contributed by atoms with van der Waals surface area (Å²) in [7, 11) is 1.98. The summed E-state index contributed by atoms with van der Waals surface area (Å²) in [5, 5.41) is 3.21. The lowest BCUT2D eigenvalue weighted by Crippen LogP contribution is -2.20. The number of hydrogen-bond acceptors (Lipinski definition) is 2. The number of rotatable bonds is 9. The fraction of sp³-hybridized carbons (Fsp3) is 0.625. The molecule has 1 rings (SSSR count). The second-order valence-corrected chi connectivity index (χ2v) is 4.89. The average Bonchev–Trinajstić information content (AvgIpc) is 2.37. The minimum absolute atomic E-state index is 0.177. The fourth-order valence-corrected chi connectivity index (χ4v) is 2.08. The lowest BCUT2D eigenvalue weighted by atomic mass is 10.1. The maximum atomic E-state index is 6.01. The van der Waals surface area contributed by atoms with Crippen LogP contribution < -0.4 is 5.32 Å². The van der Waals surface area contributed by atoms with E-state index < -0.39 is 0 Å². The molecule has 0 aliphatic heterocycles. The fourth-order valence-electron chi connectivity index (χ4n) is 2.08. The first kappa shape index (κ1) is 15.2. The van der Waals surface area contributed by atoms with Gasteiger partial charge in [0.25, 0.3) is 0 Å². The molecule has 2 nitrogen and oxygen atoms in total. The van der Waals surface area contributed by atoms with Gasteiger partial charge in [-0.3, -0.25) is 0 Å². The highest BCUT2D eigenvalue weighted by molar-refractivity contribution is 5.24. The van der Waals surface area contributed by atoms with Crippen LogP contribution in [0.25, 0.3) is 0 Å². The van der Waals surface area contributed by atoms with Crippen molar-refractivity contribution >= 4 is 0 Å². The number of nitrogens with one attached hydrogen (secondary N) is 1. The van der Waals surface area contributed by atoms with E-state index in [1.165, 1.54) is 36.8 Å². The molecule has 0 spiro atoms. The van der Waals surface area contributed by atoms with Crippen LogP contribution in [0.15, 0.2) is 24.3 Å². The van der Waals surface area contributed by atoms with Crippen molar-refractivity contribution in [2.24, 2.45) is 0 Å². The summed E-state index contributed by atoms with van der Waals surface area (Å²) in [6.45, 7) is 6.09. The average molecular weight is 249 g/mol. The zero-order valence-electron chi connectivity index (χ0n) is 12.0. The van der Waals surface area contributed by atoms with E-state index >= 15 is 0 Å². The van der Waals surface area contributed by atoms with Crippen molar-refractivity contribution in [1.29, 1.82) is 0 Å². The van der Waals surface area contributed by atoms with Gasteiger partial charge in [-0.15, -0.1) is 0 Å². The second kappa shape index (κ2) is 9.12. The van der Waals surface area contributed by atoms with Crippen LogP contribution in [-0.4, -0.2) is 20.2 Å². The molecular weight excluding hydrogens is 222 g/mol. The topological polar surface area (TPSA) is 21.3 Å². The van der Waals surface area contributed by atoms with E-state index in [-0.39, 0.29) is 6.10 Å². The molecule has 1 atom stereocenters. The third-order valence-corrected chi connectivity index (χ3v) is 3.12. The molecule has 1 N–H and O–H groups in total. The summed E-state index contributed by atoms with van der Waals surface area (Å²) >= 11 is 0. The molecule has 0 saturated heterocycles. The van der Waals surface area contributed by atoms with Crippen LogP contribution >= 0.6 is 0 Å². The lowest BCUT2D eigenvalue weighted by molar-refractivity contribution is 0.0511. The van der Waals surface area contributed by atoms with Crippen molar-refractivity contribution in [2.75, 3.05) is 20.2 Å². The van der Waals surface area contributed by atoms with Gasteiger partial charge in [0.1, 0.15) is 0 Å². The van der Waals surface area contributed by atoms with Crippen LogP contribution in [0.3, 0.4) is 0 Å². The van der Waals surface area contributed by atoms with Crippen LogP contribution in [0.2, 0.25) is 0 Å². The van der Waals surface area contributed by atoms with Crippen molar-refractivity contribution in [3.8, 4) is 0 Å². The van der Waals surface area contributed by atoms with Gasteiger partial charge in [0.15, 0.2) is 0 Å². The van der Waals surface area contributed by atoms with Gasteiger partial charge in [-0.05, 0) is 26.0 Å². The Kier molecular flexibility index (Phi) is 7.70. The minimum Gasteiger partial charge on any atom is -0.372 e. The van der Waals surface area contributed by atoms with Crippen molar-refractivity contribution in [2.45, 2.75) is 45.6 Å². The Morgan fingerprint density at radius 3 is 2.72 bits per heavy atom. The summed E-state index contributed by atoms with van der Waals surface area (Å²) in [4.78, 5) is 0. The molecule has 0 aromatic heterocycles. The zero-order chi connectivity index (χ0) is 13.2. The monoisotopic (exact) mass is 249 g/mol. The summed E-state index contributed by atoms with van der Waals surface area (Å²) in [6.07, 6.45) is 5.20. The number of ether oxygens (including phenoxy) is 1. The minimum atomic E-state index is 0.177. The molecule has 1 aromatic carbocycles. The highest BCUT2D eigenvalue weighted by atomic mass is 16.5. The van der Waals surface area contributed by atoms with Crippen LogP contribution in [0.5, 0.6) is 0 Å². The first-order chi connectivity index (χ1) is 8.77. The molecule has 0 fully saturated rings. The molecule has 0 radical (unpaired) electrons. The van der Waals surface area contributed by atoms with E-state index in [1.807, 2.05) is 7.05 Å². The van der Waals surface area contributed by atoms with E-state index in [1.54, 1.807) is 0 Å². The molecule has 0 aliphatic rings. The Labute approximate surface area is 112 Å². The van der Waals surface area contributed by atoms with Gasteiger partial charge in [-0.25, -0.2) is 0 Å². The summed E-state index contributed by atoms with van der Waals surface area (Å²) in [5.41, 5.74) is 2.57. The SMILES string of the molecule is CCCCCCOC(CNC)c1cccc(C)c1. The van der Waals surface area contributed by atoms with Crippen molar-refractivity contribution in [3.05, 3.63) is 35.4 Å². The number of benzene rings is 1. The zero-order valence-corrected chi connectivity index (χ0v) is 12.0. The van der Waals surface area contributed by atoms with E-state index in [2.05, 4.69) is 43.4 Å². The molecule has 0 saturated carbocycles. The molecule has 102 valence electrons. The second-order valence-electron chi connectivity index (χ2n) is 4.89. The Balaban J connectivity index is 2.44. The predicted molar refractivity (Wildman–Crippen MR) is 77.9 cm³/mol. The van der Waals surface area contributed by atoms with Crippen molar-refractivity contribution < 1.29 is 4.74 Å². The van der Waals surface area contributed by atoms with Gasteiger partial charge in [0.05, 0.1) is 6.10 Å². The molecule has 18 heavy (non-hydrogen) atoms. The van der Waals surface area contributed by atoms with Gasteiger partial charge in [-0.2, -0.15) is 0 Å². The van der Waals surface area contributed by atoms with E-state index in [0.29, 0.717) is 0 Å². The Morgan fingerprint density at radius 2 is 2.06 bits per heavy atom. The number of aryl methyl sites for hydroxylation is 1. The first-order valence-corrected chi connectivity index (χ1v) is 7.10. The quantitative estimate of drug-likeness (QED) is 0.671. The third-order valence-electron chi connectivity index (χ3n) is 3.12. The third kappa shape index (κ3) is 5.65. The highest BCUT2D eigenvalue weighted by Gasteiger charge is 2.10. The van der Waals surface area contributed by atoms with Crippen molar-refractivity contribution in [3.63, 3.8) is 0 Å². The first-order valence-electron chi connectivity index (χ1n) is 7.10. The predicted octanol–water partition coefficient (Wildman–Crippen LogP) is 3.85. The van der Waals surface area contributed by atoms with Gasteiger partial charge >= 0.3 is 0 Å². The summed E-state index contributed by atoms with van der Waals surface area (Å²) < 4.78 is 6.01. The smallest absolute Gasteiger partial charge is 0.0949 e. The van der Waals surface area contributed by atoms with Crippen LogP contribution in [-0.2, 0) is 4.74 Å². The number of unbranched alkanes of at least 4 members (excludes halogenated alkanes) is 3. The van der Waals surface area contributed by atoms with Gasteiger partial charge < -0.3 is 10.1 Å². The Hall–Kier alpha value is -0.860. The van der Waals surface area contributed by atoms with Gasteiger partial charge in [0, 0.05) is 13.2 Å². The van der Waals surface area contributed by atoms with Crippen LogP contribution in [0, 0.1) is 6.92 Å². The number of likely N-dealkylation sites (N-methyl/N-ethyl adjacent to an activating group) is 1. The Bertz CT molecular complexity index is 325. The molecule has 0 aliphatic carbocycles. The largest absolute Gasteiger partial charge is 0.372 e. The number of hydrogen-bond donors (Lipinski definition) is 1. The maximum Gasteiger partial charge on any atom is 0.0949 e.